The molecule has 0 aliphatic heterocycles. The van der Waals surface area contributed by atoms with Crippen molar-refractivity contribution in [2.45, 2.75) is 18.0 Å². The molecule has 3 aromatic heterocycles. The van der Waals surface area contributed by atoms with E-state index >= 15 is 0 Å². The highest BCUT2D eigenvalue weighted by Crippen LogP contribution is 2.34. The lowest BCUT2D eigenvalue weighted by atomic mass is 10.3. The predicted octanol–water partition coefficient (Wildman–Crippen LogP) is 3.19. The van der Waals surface area contributed by atoms with E-state index in [4.69, 9.17) is 5.73 Å². The van der Waals surface area contributed by atoms with Gasteiger partial charge in [0.15, 0.2) is 15.7 Å². The molecule has 0 aromatic carbocycles. The summed E-state index contributed by atoms with van der Waals surface area (Å²) in [6.45, 7) is 1.47. The maximum atomic E-state index is 12.9. The van der Waals surface area contributed by atoms with Gasteiger partial charge in [-0.25, -0.2) is 23.4 Å². The second-order valence-corrected chi connectivity index (χ2v) is 8.76. The number of nitrogens with zero attached hydrogens (tertiary/aromatic N) is 4. The Balaban J connectivity index is 2.33. The summed E-state index contributed by atoms with van der Waals surface area (Å²) in [7, 11) is -2.17. The monoisotopic (exact) mass is 463 g/mol. The van der Waals surface area contributed by atoms with Gasteiger partial charge >= 0.3 is 6.18 Å². The van der Waals surface area contributed by atoms with Crippen LogP contribution in [-0.4, -0.2) is 33.7 Å². The molecule has 0 bridgehead atoms. The average Bonchev–Trinajstić information content (AvgIpc) is 2.92. The largest absolute Gasteiger partial charge is 0.433 e. The van der Waals surface area contributed by atoms with Crippen molar-refractivity contribution in [3.05, 3.63) is 28.5 Å². The van der Waals surface area contributed by atoms with E-state index in [1.165, 1.54) is 24.6 Å². The Labute approximate surface area is 160 Å². The number of nitrogen functional groups attached to an aromatic ring is 1. The van der Waals surface area contributed by atoms with Gasteiger partial charge < -0.3 is 10.3 Å². The Kier molecular flexibility index (Phi) is 4.67. The van der Waals surface area contributed by atoms with Gasteiger partial charge in [-0.3, -0.25) is 0 Å². The normalized spacial score (nSPS) is 12.7. The van der Waals surface area contributed by atoms with E-state index in [0.717, 1.165) is 12.3 Å². The minimum atomic E-state index is -4.62. The van der Waals surface area contributed by atoms with Crippen LogP contribution < -0.4 is 5.73 Å². The molecule has 3 heterocycles. The van der Waals surface area contributed by atoms with Gasteiger partial charge in [0.05, 0.1) is 32.4 Å². The average molecular weight is 464 g/mol. The molecule has 0 unspecified atom stereocenters. The lowest BCUT2D eigenvalue weighted by Gasteiger charge is -2.11. The van der Waals surface area contributed by atoms with Crippen molar-refractivity contribution in [2.24, 2.45) is 7.05 Å². The third-order valence-electron chi connectivity index (χ3n) is 3.95. The number of aromatic nitrogens is 4. The van der Waals surface area contributed by atoms with E-state index in [1.807, 2.05) is 0 Å². The van der Waals surface area contributed by atoms with Crippen LogP contribution in [0.1, 0.15) is 12.6 Å². The Hall–Kier alpha value is -2.21. The van der Waals surface area contributed by atoms with Crippen LogP contribution >= 0.6 is 15.9 Å². The molecule has 0 fully saturated rings. The van der Waals surface area contributed by atoms with Crippen molar-refractivity contribution in [3.63, 3.8) is 0 Å². The summed E-state index contributed by atoms with van der Waals surface area (Å²) in [5.74, 6) is -0.0968. The number of nitrogens with two attached hydrogens (primary N) is 1. The number of hydrogen-bond acceptors (Lipinski definition) is 6. The van der Waals surface area contributed by atoms with Gasteiger partial charge in [0.25, 0.3) is 0 Å². The van der Waals surface area contributed by atoms with Crippen molar-refractivity contribution in [3.8, 4) is 11.5 Å². The summed E-state index contributed by atoms with van der Waals surface area (Å²) < 4.78 is 65.4. The first-order valence-electron chi connectivity index (χ1n) is 7.54. The van der Waals surface area contributed by atoms with Gasteiger partial charge in [-0.1, -0.05) is 6.92 Å². The van der Waals surface area contributed by atoms with Crippen LogP contribution in [0.25, 0.3) is 22.6 Å². The Morgan fingerprint density at radius 1 is 1.26 bits per heavy atom. The molecule has 3 aromatic rings. The Morgan fingerprint density at radius 2 is 1.93 bits per heavy atom. The number of imidazole rings is 1. The first-order valence-corrected chi connectivity index (χ1v) is 9.99. The van der Waals surface area contributed by atoms with Crippen molar-refractivity contribution in [1.82, 2.24) is 19.5 Å². The number of anilines is 1. The van der Waals surface area contributed by atoms with Crippen molar-refractivity contribution in [1.29, 1.82) is 0 Å². The highest BCUT2D eigenvalue weighted by molar-refractivity contribution is 9.10. The predicted molar refractivity (Wildman–Crippen MR) is 96.6 cm³/mol. The van der Waals surface area contributed by atoms with Crippen LogP contribution in [0.2, 0.25) is 0 Å². The molecular formula is C15H13BrF3N5O2S. The zero-order chi connectivity index (χ0) is 20.1. The van der Waals surface area contributed by atoms with E-state index in [0.29, 0.717) is 5.52 Å². The fourth-order valence-corrected chi connectivity index (χ4v) is 4.00. The number of sulfone groups is 1. The summed E-state index contributed by atoms with van der Waals surface area (Å²) in [5.41, 5.74) is 4.96. The van der Waals surface area contributed by atoms with Crippen LogP contribution in [0.15, 0.2) is 27.7 Å². The number of hydrogen-bond donors (Lipinski definition) is 1. The van der Waals surface area contributed by atoms with E-state index < -0.39 is 21.7 Å². The summed E-state index contributed by atoms with van der Waals surface area (Å²) >= 11 is 3.14. The highest BCUT2D eigenvalue weighted by atomic mass is 79.9. The smallest absolute Gasteiger partial charge is 0.383 e. The topological polar surface area (TPSA) is 104 Å². The lowest BCUT2D eigenvalue weighted by Crippen LogP contribution is -2.10. The summed E-state index contributed by atoms with van der Waals surface area (Å²) in [4.78, 5) is 11.6. The maximum Gasteiger partial charge on any atom is 0.433 e. The first-order chi connectivity index (χ1) is 12.5. The number of aryl methyl sites for hydroxylation is 1. The second-order valence-electron chi connectivity index (χ2n) is 5.66. The fourth-order valence-electron chi connectivity index (χ4n) is 2.49. The van der Waals surface area contributed by atoms with Crippen LogP contribution in [0.3, 0.4) is 0 Å². The number of pyridine rings is 2. The molecule has 0 saturated heterocycles. The standard InChI is InChI=1S/C15H13BrF3N5O2S/c1-3-27(25,26)10-4-7(16)13(20)23-12(10)14-22-8-5-11(15(17,18)19)21-6-9(8)24(14)2/h4-6H,3H2,1-2H3,(H2,20,23). The van der Waals surface area contributed by atoms with Crippen molar-refractivity contribution in [2.75, 3.05) is 11.5 Å². The summed E-state index contributed by atoms with van der Waals surface area (Å²) in [6, 6.07) is 2.12. The van der Waals surface area contributed by atoms with Crippen LogP contribution in [0.4, 0.5) is 19.0 Å². The number of halogens is 4. The molecule has 0 amide bonds. The van der Waals surface area contributed by atoms with E-state index in [-0.39, 0.29) is 38.0 Å². The SMILES string of the molecule is CCS(=O)(=O)c1cc(Br)c(N)nc1-c1nc2cc(C(F)(F)F)ncc2n1C. The zero-order valence-corrected chi connectivity index (χ0v) is 16.4. The lowest BCUT2D eigenvalue weighted by molar-refractivity contribution is -0.141. The van der Waals surface area contributed by atoms with Gasteiger partial charge in [0.1, 0.15) is 17.2 Å². The number of alkyl halides is 3. The molecule has 0 spiro atoms. The highest BCUT2D eigenvalue weighted by Gasteiger charge is 2.33. The van der Waals surface area contributed by atoms with E-state index in [1.54, 1.807) is 0 Å². The third-order valence-corrected chi connectivity index (χ3v) is 6.33. The molecule has 7 nitrogen and oxygen atoms in total. The first kappa shape index (κ1) is 19.5. The van der Waals surface area contributed by atoms with Gasteiger partial charge in [0, 0.05) is 7.05 Å². The third kappa shape index (κ3) is 3.38. The van der Waals surface area contributed by atoms with Crippen LogP contribution in [0, 0.1) is 0 Å². The molecule has 0 atom stereocenters. The maximum absolute atomic E-state index is 12.9. The molecular weight excluding hydrogens is 451 g/mol. The van der Waals surface area contributed by atoms with E-state index in [9.17, 15) is 21.6 Å². The molecule has 0 saturated carbocycles. The Bertz CT molecular complexity index is 1160. The molecule has 0 aliphatic rings. The fraction of sp³-hybridized carbons (Fsp3) is 0.267. The summed E-state index contributed by atoms with van der Waals surface area (Å²) in [6.07, 6.45) is -3.59. The molecule has 0 aliphatic carbocycles. The molecule has 12 heteroatoms. The van der Waals surface area contributed by atoms with Gasteiger partial charge in [-0.15, -0.1) is 0 Å². The van der Waals surface area contributed by atoms with Gasteiger partial charge in [-0.2, -0.15) is 13.2 Å². The molecule has 144 valence electrons. The second kappa shape index (κ2) is 6.44. The van der Waals surface area contributed by atoms with E-state index in [2.05, 4.69) is 30.9 Å². The van der Waals surface area contributed by atoms with Crippen LogP contribution in [-0.2, 0) is 23.1 Å². The van der Waals surface area contributed by atoms with Crippen molar-refractivity contribution >= 4 is 42.6 Å². The molecule has 3 rings (SSSR count). The minimum absolute atomic E-state index is 0.0120. The molecule has 27 heavy (non-hydrogen) atoms. The van der Waals surface area contributed by atoms with Crippen LogP contribution in [0.5, 0.6) is 0 Å². The number of fused-ring (bicyclic) bond motifs is 1. The van der Waals surface area contributed by atoms with Gasteiger partial charge in [0.2, 0.25) is 0 Å². The number of rotatable bonds is 3. The molecule has 0 radical (unpaired) electrons. The quantitative estimate of drug-likeness (QED) is 0.639. The minimum Gasteiger partial charge on any atom is -0.383 e. The van der Waals surface area contributed by atoms with Gasteiger partial charge in [-0.05, 0) is 28.1 Å². The van der Waals surface area contributed by atoms with Crippen molar-refractivity contribution < 1.29 is 21.6 Å². The zero-order valence-electron chi connectivity index (χ0n) is 14.0. The Morgan fingerprint density at radius 3 is 2.52 bits per heavy atom. The molecule has 2 N–H and O–H groups in total. The summed E-state index contributed by atoms with van der Waals surface area (Å²) in [5, 5.41) is 0.